The fraction of sp³-hybridized carbons (Fsp3) is 0.409. The highest BCUT2D eigenvalue weighted by atomic mass is 35.5. The Morgan fingerprint density at radius 3 is 2.65 bits per heavy atom. The number of nitrogens with zero attached hydrogens (tertiary/aromatic N) is 3. The Kier molecular flexibility index (Phi) is 5.28. The molecule has 4 rings (SSSR count). The fourth-order valence-electron chi connectivity index (χ4n) is 4.04. The molecule has 3 aromatic rings. The Hall–Kier alpha value is -1.84. The number of imidazole rings is 1. The molecule has 1 aromatic heterocycles. The topological polar surface area (TPSA) is 21.1 Å². The van der Waals surface area contributed by atoms with Gasteiger partial charge in [-0.15, -0.1) is 0 Å². The lowest BCUT2D eigenvalue weighted by atomic mass is 9.97. The lowest BCUT2D eigenvalue weighted by Gasteiger charge is -2.33. The number of likely N-dealkylation sites (tertiary alicyclic amines) is 1. The van der Waals surface area contributed by atoms with Gasteiger partial charge >= 0.3 is 0 Å². The number of aromatic nitrogens is 2. The molecule has 0 amide bonds. The second kappa shape index (κ2) is 7.81. The maximum absolute atomic E-state index is 6.18. The first-order valence-electron chi connectivity index (χ1n) is 9.60. The lowest BCUT2D eigenvalue weighted by Crippen LogP contribution is -2.35. The van der Waals surface area contributed by atoms with Gasteiger partial charge in [-0.3, -0.25) is 0 Å². The fourth-order valence-corrected chi connectivity index (χ4v) is 4.20. The highest BCUT2D eigenvalue weighted by Gasteiger charge is 2.22. The molecule has 0 spiro atoms. The van der Waals surface area contributed by atoms with Gasteiger partial charge in [-0.05, 0) is 55.5 Å². The molecule has 1 aliphatic rings. The van der Waals surface area contributed by atoms with Crippen molar-refractivity contribution in [3.63, 3.8) is 0 Å². The van der Waals surface area contributed by atoms with E-state index in [1.54, 1.807) is 0 Å². The second-order valence-electron chi connectivity index (χ2n) is 7.46. The van der Waals surface area contributed by atoms with E-state index in [0.29, 0.717) is 12.0 Å². The summed E-state index contributed by atoms with van der Waals surface area (Å²) in [4.78, 5) is 7.15. The molecule has 0 radical (unpaired) electrons. The summed E-state index contributed by atoms with van der Waals surface area (Å²) in [5, 5.41) is 0.784. The highest BCUT2D eigenvalue weighted by Crippen LogP contribution is 2.28. The Labute approximate surface area is 160 Å². The van der Waals surface area contributed by atoms with Crippen LogP contribution in [0.5, 0.6) is 0 Å². The van der Waals surface area contributed by atoms with Gasteiger partial charge in [0.25, 0.3) is 0 Å². The molecule has 1 aliphatic heterocycles. The van der Waals surface area contributed by atoms with E-state index in [0.717, 1.165) is 29.1 Å². The summed E-state index contributed by atoms with van der Waals surface area (Å²) in [6.45, 7) is 5.83. The van der Waals surface area contributed by atoms with E-state index in [1.165, 1.54) is 31.4 Å². The zero-order valence-electron chi connectivity index (χ0n) is 15.3. The first-order chi connectivity index (χ1) is 12.7. The van der Waals surface area contributed by atoms with Crippen LogP contribution in [0.25, 0.3) is 11.0 Å². The van der Waals surface area contributed by atoms with Crippen LogP contribution in [-0.2, 0) is 0 Å². The molecule has 26 heavy (non-hydrogen) atoms. The van der Waals surface area contributed by atoms with E-state index in [2.05, 4.69) is 51.7 Å². The predicted octanol–water partition coefficient (Wildman–Crippen LogP) is 5.52. The molecule has 0 aliphatic carbocycles. The zero-order chi connectivity index (χ0) is 17.9. The van der Waals surface area contributed by atoms with Crippen LogP contribution < -0.4 is 0 Å². The summed E-state index contributed by atoms with van der Waals surface area (Å²) < 4.78 is 2.32. The van der Waals surface area contributed by atoms with Gasteiger partial charge < -0.3 is 9.47 Å². The number of rotatable bonds is 5. The minimum atomic E-state index is 0.529. The third-order valence-electron chi connectivity index (χ3n) is 5.73. The van der Waals surface area contributed by atoms with Crippen LogP contribution in [0, 0.1) is 0 Å². The SMILES string of the molecule is CC(CCN1CCC(n2cnc3ccc(Cl)cc32)CC1)c1ccccc1. The van der Waals surface area contributed by atoms with Crippen molar-refractivity contribution < 1.29 is 0 Å². The normalized spacial score (nSPS) is 17.6. The smallest absolute Gasteiger partial charge is 0.0960 e. The molecule has 0 saturated carbocycles. The third kappa shape index (κ3) is 3.79. The molecule has 1 atom stereocenters. The molecule has 0 bridgehead atoms. The number of benzene rings is 2. The molecule has 3 nitrogen and oxygen atoms in total. The molecule has 1 unspecified atom stereocenters. The average Bonchev–Trinajstić information content (AvgIpc) is 3.10. The van der Waals surface area contributed by atoms with E-state index in [4.69, 9.17) is 11.6 Å². The molecule has 2 heterocycles. The summed E-state index contributed by atoms with van der Waals surface area (Å²) in [5.74, 6) is 0.619. The van der Waals surface area contributed by atoms with Gasteiger partial charge in [-0.2, -0.15) is 0 Å². The van der Waals surface area contributed by atoms with Crippen molar-refractivity contribution in [1.29, 1.82) is 0 Å². The summed E-state index contributed by atoms with van der Waals surface area (Å²) in [5.41, 5.74) is 3.64. The molecule has 4 heteroatoms. The molecular formula is C22H26ClN3. The van der Waals surface area contributed by atoms with Gasteiger partial charge in [0.05, 0.1) is 17.4 Å². The van der Waals surface area contributed by atoms with Crippen molar-refractivity contribution >= 4 is 22.6 Å². The van der Waals surface area contributed by atoms with Crippen LogP contribution in [0.3, 0.4) is 0 Å². The molecule has 0 N–H and O–H groups in total. The average molecular weight is 368 g/mol. The summed E-state index contributed by atoms with van der Waals surface area (Å²) >= 11 is 6.18. The Morgan fingerprint density at radius 1 is 1.12 bits per heavy atom. The van der Waals surface area contributed by atoms with Crippen LogP contribution in [0.4, 0.5) is 0 Å². The highest BCUT2D eigenvalue weighted by molar-refractivity contribution is 6.31. The number of hydrogen-bond acceptors (Lipinski definition) is 2. The Balaban J connectivity index is 1.33. The molecule has 2 aromatic carbocycles. The van der Waals surface area contributed by atoms with E-state index in [9.17, 15) is 0 Å². The van der Waals surface area contributed by atoms with E-state index < -0.39 is 0 Å². The summed E-state index contributed by atoms with van der Waals surface area (Å²) in [7, 11) is 0. The Morgan fingerprint density at radius 2 is 1.88 bits per heavy atom. The van der Waals surface area contributed by atoms with Gasteiger partial charge in [0.1, 0.15) is 0 Å². The van der Waals surface area contributed by atoms with Gasteiger partial charge in [0.2, 0.25) is 0 Å². The minimum absolute atomic E-state index is 0.529. The van der Waals surface area contributed by atoms with Crippen molar-refractivity contribution in [3.8, 4) is 0 Å². The zero-order valence-corrected chi connectivity index (χ0v) is 16.1. The summed E-state index contributed by atoms with van der Waals surface area (Å²) in [6, 6.07) is 17.3. The molecule has 1 fully saturated rings. The number of fused-ring (bicyclic) bond motifs is 1. The lowest BCUT2D eigenvalue weighted by molar-refractivity contribution is 0.184. The molecule has 1 saturated heterocycles. The van der Waals surface area contributed by atoms with Crippen LogP contribution in [0.1, 0.15) is 43.7 Å². The number of piperidine rings is 1. The van der Waals surface area contributed by atoms with Crippen molar-refractivity contribution in [2.75, 3.05) is 19.6 Å². The van der Waals surface area contributed by atoms with Crippen molar-refractivity contribution in [1.82, 2.24) is 14.5 Å². The summed E-state index contributed by atoms with van der Waals surface area (Å²) in [6.07, 6.45) is 5.56. The number of hydrogen-bond donors (Lipinski definition) is 0. The Bertz CT molecular complexity index is 850. The van der Waals surface area contributed by atoms with Crippen molar-refractivity contribution in [2.24, 2.45) is 0 Å². The van der Waals surface area contributed by atoms with Gasteiger partial charge in [-0.1, -0.05) is 48.9 Å². The van der Waals surface area contributed by atoms with Gasteiger partial charge in [-0.25, -0.2) is 4.98 Å². The first-order valence-corrected chi connectivity index (χ1v) is 9.98. The van der Waals surface area contributed by atoms with Crippen molar-refractivity contribution in [2.45, 2.75) is 38.1 Å². The van der Waals surface area contributed by atoms with E-state index in [1.807, 2.05) is 24.5 Å². The van der Waals surface area contributed by atoms with Crippen molar-refractivity contribution in [3.05, 3.63) is 65.4 Å². The van der Waals surface area contributed by atoms with Gasteiger partial charge in [0, 0.05) is 24.2 Å². The first kappa shape index (κ1) is 17.6. The van der Waals surface area contributed by atoms with Crippen LogP contribution in [0.15, 0.2) is 54.9 Å². The maximum Gasteiger partial charge on any atom is 0.0960 e. The minimum Gasteiger partial charge on any atom is -0.327 e. The van der Waals surface area contributed by atoms with E-state index in [-0.39, 0.29) is 0 Å². The predicted molar refractivity (Wildman–Crippen MR) is 109 cm³/mol. The monoisotopic (exact) mass is 367 g/mol. The quantitative estimate of drug-likeness (QED) is 0.592. The molecule has 136 valence electrons. The third-order valence-corrected chi connectivity index (χ3v) is 5.97. The maximum atomic E-state index is 6.18. The number of halogens is 1. The van der Waals surface area contributed by atoms with Crippen LogP contribution >= 0.6 is 11.6 Å². The largest absolute Gasteiger partial charge is 0.327 e. The second-order valence-corrected chi connectivity index (χ2v) is 7.89. The molecular weight excluding hydrogens is 342 g/mol. The van der Waals surface area contributed by atoms with Crippen LogP contribution in [-0.4, -0.2) is 34.1 Å². The van der Waals surface area contributed by atoms with Gasteiger partial charge in [0.15, 0.2) is 0 Å². The standard InChI is InChI=1S/C22H26ClN3/c1-17(18-5-3-2-4-6-18)9-12-25-13-10-20(11-14-25)26-16-24-21-8-7-19(23)15-22(21)26/h2-8,15-17,20H,9-14H2,1H3. The van der Waals surface area contributed by atoms with E-state index >= 15 is 0 Å². The van der Waals surface area contributed by atoms with Crippen LogP contribution in [0.2, 0.25) is 5.02 Å².